The van der Waals surface area contributed by atoms with Crippen molar-refractivity contribution < 1.29 is 9.59 Å². The molecule has 2 rings (SSSR count). The summed E-state index contributed by atoms with van der Waals surface area (Å²) in [6, 6.07) is 0. The minimum atomic E-state index is -0.139. The summed E-state index contributed by atoms with van der Waals surface area (Å²) in [5.41, 5.74) is 1.12. The highest BCUT2D eigenvalue weighted by atomic mass is 16.2. The second kappa shape index (κ2) is 7.70. The van der Waals surface area contributed by atoms with Crippen LogP contribution < -0.4 is 0 Å². The van der Waals surface area contributed by atoms with E-state index in [1.54, 1.807) is 19.1 Å². The maximum Gasteiger partial charge on any atom is 0.261 e. The molecule has 0 spiro atoms. The van der Waals surface area contributed by atoms with Crippen LogP contribution in [0.5, 0.6) is 0 Å². The van der Waals surface area contributed by atoms with Crippen molar-refractivity contribution in [1.29, 1.82) is 0 Å². The number of imide groups is 1. The van der Waals surface area contributed by atoms with E-state index in [0.29, 0.717) is 17.7 Å². The number of nitrogens with zero attached hydrogens (tertiary/aromatic N) is 3. The van der Waals surface area contributed by atoms with Crippen molar-refractivity contribution in [2.75, 3.05) is 46.3 Å². The van der Waals surface area contributed by atoms with Gasteiger partial charge >= 0.3 is 0 Å². The van der Waals surface area contributed by atoms with Crippen LogP contribution in [0.4, 0.5) is 0 Å². The smallest absolute Gasteiger partial charge is 0.261 e. The Hall–Kier alpha value is -1.46. The third kappa shape index (κ3) is 3.84. The van der Waals surface area contributed by atoms with Crippen molar-refractivity contribution >= 4 is 11.8 Å². The van der Waals surface area contributed by atoms with Gasteiger partial charge in [0.15, 0.2) is 0 Å². The summed E-state index contributed by atoms with van der Waals surface area (Å²) in [6.45, 7) is 9.66. The minimum Gasteiger partial charge on any atom is -0.304 e. The van der Waals surface area contributed by atoms with Crippen molar-refractivity contribution in [1.82, 2.24) is 14.7 Å². The summed E-state index contributed by atoms with van der Waals surface area (Å²) < 4.78 is 0. The van der Waals surface area contributed by atoms with Gasteiger partial charge in [0.05, 0.1) is 0 Å². The molecular weight excluding hydrogens is 278 g/mol. The number of hydrogen-bond donors (Lipinski definition) is 0. The first-order valence-electron chi connectivity index (χ1n) is 8.15. The summed E-state index contributed by atoms with van der Waals surface area (Å²) in [5, 5.41) is 0. The van der Waals surface area contributed by atoms with Gasteiger partial charge < -0.3 is 9.80 Å². The Balaban J connectivity index is 1.74. The van der Waals surface area contributed by atoms with Crippen molar-refractivity contribution in [3.05, 3.63) is 23.3 Å². The van der Waals surface area contributed by atoms with Gasteiger partial charge in [0.2, 0.25) is 0 Å². The lowest BCUT2D eigenvalue weighted by Crippen LogP contribution is -2.44. The molecular formula is C17H27N3O2. The second-order valence-corrected chi connectivity index (χ2v) is 6.15. The Kier molecular flexibility index (Phi) is 5.91. The van der Waals surface area contributed by atoms with Crippen molar-refractivity contribution in [3.8, 4) is 0 Å². The molecule has 2 aliphatic rings. The van der Waals surface area contributed by atoms with Gasteiger partial charge in [0.1, 0.15) is 0 Å². The van der Waals surface area contributed by atoms with Gasteiger partial charge in [0.25, 0.3) is 11.8 Å². The zero-order valence-electron chi connectivity index (χ0n) is 14.0. The lowest BCUT2D eigenvalue weighted by Gasteiger charge is -2.32. The van der Waals surface area contributed by atoms with Crippen molar-refractivity contribution in [2.45, 2.75) is 26.7 Å². The van der Waals surface area contributed by atoms with Crippen LogP contribution in [0.25, 0.3) is 0 Å². The van der Waals surface area contributed by atoms with Crippen LogP contribution in [0.15, 0.2) is 23.3 Å². The van der Waals surface area contributed by atoms with Gasteiger partial charge in [-0.2, -0.15) is 0 Å². The Morgan fingerprint density at radius 2 is 1.64 bits per heavy atom. The van der Waals surface area contributed by atoms with Gasteiger partial charge in [-0.1, -0.05) is 12.2 Å². The number of unbranched alkanes of at least 4 members (excludes halogenated alkanes) is 1. The number of amides is 2. The molecule has 1 fully saturated rings. The fourth-order valence-corrected chi connectivity index (χ4v) is 2.96. The summed E-state index contributed by atoms with van der Waals surface area (Å²) in [4.78, 5) is 30.6. The minimum absolute atomic E-state index is 0.127. The Morgan fingerprint density at radius 1 is 1.00 bits per heavy atom. The Bertz CT molecular complexity index is 488. The molecule has 0 aromatic carbocycles. The average Bonchev–Trinajstić information content (AvgIpc) is 2.71. The molecule has 2 aliphatic heterocycles. The fourth-order valence-electron chi connectivity index (χ4n) is 2.96. The van der Waals surface area contributed by atoms with E-state index in [9.17, 15) is 9.59 Å². The molecule has 0 bridgehead atoms. The van der Waals surface area contributed by atoms with E-state index < -0.39 is 0 Å². The number of rotatable bonds is 6. The van der Waals surface area contributed by atoms with Crippen LogP contribution in [0.1, 0.15) is 26.7 Å². The lowest BCUT2D eigenvalue weighted by molar-refractivity contribution is -0.137. The molecule has 0 radical (unpaired) electrons. The number of carbonyl (C=O) groups is 2. The molecule has 0 saturated carbocycles. The predicted molar refractivity (Wildman–Crippen MR) is 87.4 cm³/mol. The molecule has 122 valence electrons. The van der Waals surface area contributed by atoms with Crippen LogP contribution in [0, 0.1) is 0 Å². The fraction of sp³-hybridized carbons (Fsp3) is 0.647. The Labute approximate surface area is 133 Å². The van der Waals surface area contributed by atoms with E-state index in [0.717, 1.165) is 45.6 Å². The highest BCUT2D eigenvalue weighted by Crippen LogP contribution is 2.21. The third-order valence-corrected chi connectivity index (χ3v) is 4.48. The molecule has 1 saturated heterocycles. The SMILES string of the molecule is C/C=C\C1=C(C)C(=O)N(CCCCN2CCN(C)CC2)C1=O. The molecule has 0 N–H and O–H groups in total. The summed E-state index contributed by atoms with van der Waals surface area (Å²) in [6.07, 6.45) is 5.44. The number of allylic oxidation sites excluding steroid dienone is 1. The van der Waals surface area contributed by atoms with Crippen molar-refractivity contribution in [2.24, 2.45) is 0 Å². The van der Waals surface area contributed by atoms with E-state index in [1.807, 2.05) is 6.92 Å². The first-order valence-corrected chi connectivity index (χ1v) is 8.15. The molecule has 5 heteroatoms. The molecule has 0 aliphatic carbocycles. The summed E-state index contributed by atoms with van der Waals surface area (Å²) in [7, 11) is 2.15. The average molecular weight is 305 g/mol. The Morgan fingerprint density at radius 3 is 2.27 bits per heavy atom. The standard InChI is InChI=1S/C17H27N3O2/c1-4-7-15-14(2)16(21)20(17(15)22)9-6-5-8-19-12-10-18(3)11-13-19/h4,7H,5-6,8-13H2,1-3H3/b7-4-. The first-order chi connectivity index (χ1) is 10.5. The molecule has 2 amide bonds. The van der Waals surface area contributed by atoms with E-state index in [-0.39, 0.29) is 11.8 Å². The number of piperazine rings is 1. The second-order valence-electron chi connectivity index (χ2n) is 6.15. The zero-order valence-corrected chi connectivity index (χ0v) is 14.0. The van der Waals surface area contributed by atoms with E-state index in [2.05, 4.69) is 16.8 Å². The van der Waals surface area contributed by atoms with Crippen LogP contribution in [-0.4, -0.2) is 72.8 Å². The van der Waals surface area contributed by atoms with Gasteiger partial charge in [-0.05, 0) is 40.3 Å². The third-order valence-electron chi connectivity index (χ3n) is 4.48. The molecule has 0 aromatic heterocycles. The van der Waals surface area contributed by atoms with E-state index in [1.165, 1.54) is 4.90 Å². The van der Waals surface area contributed by atoms with Gasteiger partial charge in [-0.15, -0.1) is 0 Å². The molecule has 5 nitrogen and oxygen atoms in total. The normalized spacial score (nSPS) is 21.7. The highest BCUT2D eigenvalue weighted by Gasteiger charge is 2.33. The predicted octanol–water partition coefficient (Wildman–Crippen LogP) is 1.28. The van der Waals surface area contributed by atoms with Crippen molar-refractivity contribution in [3.63, 3.8) is 0 Å². The summed E-state index contributed by atoms with van der Waals surface area (Å²) in [5.74, 6) is -0.266. The molecule has 2 heterocycles. The molecule has 22 heavy (non-hydrogen) atoms. The van der Waals surface area contributed by atoms with E-state index >= 15 is 0 Å². The largest absolute Gasteiger partial charge is 0.304 e. The van der Waals surface area contributed by atoms with Gasteiger partial charge in [-0.3, -0.25) is 14.5 Å². The van der Waals surface area contributed by atoms with Gasteiger partial charge in [-0.25, -0.2) is 0 Å². The number of carbonyl (C=O) groups excluding carboxylic acids is 2. The highest BCUT2D eigenvalue weighted by molar-refractivity contribution is 6.20. The summed E-state index contributed by atoms with van der Waals surface area (Å²) >= 11 is 0. The first kappa shape index (κ1) is 16.9. The van der Waals surface area contributed by atoms with Crippen LogP contribution >= 0.6 is 0 Å². The quantitative estimate of drug-likeness (QED) is 0.548. The van der Waals surface area contributed by atoms with Crippen LogP contribution in [0.3, 0.4) is 0 Å². The number of hydrogen-bond acceptors (Lipinski definition) is 4. The van der Waals surface area contributed by atoms with E-state index in [4.69, 9.17) is 0 Å². The zero-order chi connectivity index (χ0) is 16.1. The number of likely N-dealkylation sites (N-methyl/N-ethyl adjacent to an activating group) is 1. The maximum atomic E-state index is 12.2. The maximum absolute atomic E-state index is 12.2. The molecule has 0 unspecified atom stereocenters. The van der Waals surface area contributed by atoms with Crippen LogP contribution in [-0.2, 0) is 9.59 Å². The molecule has 0 aromatic rings. The molecule has 0 atom stereocenters. The van der Waals surface area contributed by atoms with Crippen LogP contribution in [0.2, 0.25) is 0 Å². The topological polar surface area (TPSA) is 43.9 Å². The lowest BCUT2D eigenvalue weighted by atomic mass is 10.1. The van der Waals surface area contributed by atoms with Gasteiger partial charge in [0, 0.05) is 43.9 Å². The monoisotopic (exact) mass is 305 g/mol.